The number of sulfonamides is 2. The third kappa shape index (κ3) is 5.76. The Morgan fingerprint density at radius 3 is 1.97 bits per heavy atom. The highest BCUT2D eigenvalue weighted by atomic mass is 35.5. The van der Waals surface area contributed by atoms with Gasteiger partial charge in [0.05, 0.1) is 20.5 Å². The molecule has 2 rings (SSSR count). The zero-order valence-electron chi connectivity index (χ0n) is 17.3. The van der Waals surface area contributed by atoms with Crippen LogP contribution >= 0.6 is 11.6 Å². The number of alkyl halides is 3. The van der Waals surface area contributed by atoms with E-state index in [9.17, 15) is 39.9 Å². The van der Waals surface area contributed by atoms with E-state index in [-0.39, 0.29) is 23.2 Å². The van der Waals surface area contributed by atoms with Gasteiger partial charge in [-0.25, -0.2) is 21.1 Å². The minimum Gasteiger partial charge on any atom is -0.373 e. The first kappa shape index (κ1) is 26.9. The molecule has 3 N–H and O–H groups in total. The van der Waals surface area contributed by atoms with Crippen molar-refractivity contribution in [1.29, 1.82) is 0 Å². The van der Waals surface area contributed by atoms with E-state index in [1.54, 1.807) is 5.32 Å². The highest BCUT2D eigenvalue weighted by molar-refractivity contribution is 7.92. The Kier molecular flexibility index (Phi) is 7.41. The Morgan fingerprint density at radius 2 is 1.52 bits per heavy atom. The van der Waals surface area contributed by atoms with Crippen molar-refractivity contribution in [3.8, 4) is 0 Å². The number of aliphatic hydroxyl groups is 1. The molecule has 0 saturated carbocycles. The molecule has 0 radical (unpaired) electrons. The van der Waals surface area contributed by atoms with E-state index < -0.39 is 47.6 Å². The summed E-state index contributed by atoms with van der Waals surface area (Å²) in [6, 6.07) is 7.65. The lowest BCUT2D eigenvalue weighted by Gasteiger charge is -2.25. The summed E-state index contributed by atoms with van der Waals surface area (Å²) in [5.74, 6) is -1.81. The van der Waals surface area contributed by atoms with Crippen molar-refractivity contribution >= 4 is 48.9 Å². The molecular formula is C18H19ClF3N3O6S2. The van der Waals surface area contributed by atoms with E-state index in [1.807, 2.05) is 0 Å². The van der Waals surface area contributed by atoms with Crippen molar-refractivity contribution in [3.63, 3.8) is 0 Å². The average molecular weight is 530 g/mol. The minimum absolute atomic E-state index is 0.0300. The Bertz CT molecular complexity index is 1260. The van der Waals surface area contributed by atoms with Crippen LogP contribution in [0.15, 0.2) is 52.3 Å². The third-order valence-corrected chi connectivity index (χ3v) is 7.90. The number of halogens is 4. The Hall–Kier alpha value is -2.39. The first-order valence-electron chi connectivity index (χ1n) is 8.85. The van der Waals surface area contributed by atoms with Crippen LogP contribution in [-0.2, 0) is 24.8 Å². The number of anilines is 2. The van der Waals surface area contributed by atoms with Crippen LogP contribution in [0.2, 0.25) is 5.02 Å². The lowest BCUT2D eigenvalue weighted by Crippen LogP contribution is -2.52. The number of carbonyl (C=O) groups excluding carboxylic acids is 1. The fourth-order valence-corrected chi connectivity index (χ4v) is 4.54. The molecule has 1 atom stereocenters. The standard InChI is InChI=1S/C18H19ClF3N3O6S2/c1-17(27,18(20,21)22)16(26)23-15-9-8-13(10-14(15)19)32(28,29)24-11-4-6-12(7-5-11)33(30,31)25(2)3/h4-10,24,27H,1-3H3,(H,23,26)/t17-/m1/s1. The van der Waals surface area contributed by atoms with Gasteiger partial charge >= 0.3 is 6.18 Å². The number of hydrogen-bond acceptors (Lipinski definition) is 6. The van der Waals surface area contributed by atoms with Gasteiger partial charge in [-0.3, -0.25) is 9.52 Å². The second kappa shape index (κ2) is 9.10. The number of nitrogens with one attached hydrogen (secondary N) is 2. The molecule has 9 nitrogen and oxygen atoms in total. The highest BCUT2D eigenvalue weighted by Crippen LogP contribution is 2.33. The molecular weight excluding hydrogens is 511 g/mol. The predicted molar refractivity (Wildman–Crippen MR) is 115 cm³/mol. The van der Waals surface area contributed by atoms with Gasteiger partial charge in [-0.1, -0.05) is 11.6 Å². The maximum atomic E-state index is 12.8. The summed E-state index contributed by atoms with van der Waals surface area (Å²) in [4.78, 5) is 11.3. The molecule has 0 aliphatic rings. The lowest BCUT2D eigenvalue weighted by molar-refractivity contribution is -0.242. The van der Waals surface area contributed by atoms with Crippen molar-refractivity contribution in [2.45, 2.75) is 28.5 Å². The highest BCUT2D eigenvalue weighted by Gasteiger charge is 2.55. The number of nitrogens with zero attached hydrogens (tertiary/aromatic N) is 1. The molecule has 15 heteroatoms. The summed E-state index contributed by atoms with van der Waals surface area (Å²) in [5.41, 5.74) is -4.03. The van der Waals surface area contributed by atoms with E-state index in [4.69, 9.17) is 11.6 Å². The average Bonchev–Trinajstić information content (AvgIpc) is 2.68. The molecule has 33 heavy (non-hydrogen) atoms. The topological polar surface area (TPSA) is 133 Å². The van der Waals surface area contributed by atoms with Crippen LogP contribution in [0, 0.1) is 0 Å². The predicted octanol–water partition coefficient (Wildman–Crippen LogP) is 2.64. The summed E-state index contributed by atoms with van der Waals surface area (Å²) in [7, 11) is -5.27. The number of carbonyl (C=O) groups is 1. The quantitative estimate of drug-likeness (QED) is 0.505. The van der Waals surface area contributed by atoms with Gasteiger partial charge in [-0.15, -0.1) is 0 Å². The third-order valence-electron chi connectivity index (χ3n) is 4.38. The van der Waals surface area contributed by atoms with Gasteiger partial charge in [-0.05, 0) is 49.4 Å². The molecule has 0 saturated heterocycles. The SMILES string of the molecule is CN(C)S(=O)(=O)c1ccc(NS(=O)(=O)c2ccc(NC(=O)[C@@](C)(O)C(F)(F)F)c(Cl)c2)cc1. The first-order chi connectivity index (χ1) is 14.9. The van der Waals surface area contributed by atoms with Gasteiger partial charge in [0.15, 0.2) is 0 Å². The maximum Gasteiger partial charge on any atom is 0.426 e. The fourth-order valence-electron chi connectivity index (χ4n) is 2.26. The minimum atomic E-state index is -5.25. The van der Waals surface area contributed by atoms with Crippen LogP contribution in [0.4, 0.5) is 24.5 Å². The van der Waals surface area contributed by atoms with E-state index in [0.717, 1.165) is 22.5 Å². The molecule has 0 heterocycles. The second-order valence-corrected chi connectivity index (χ2v) is 11.3. The van der Waals surface area contributed by atoms with E-state index >= 15 is 0 Å². The summed E-state index contributed by atoms with van der Waals surface area (Å²) < 4.78 is 90.9. The second-order valence-electron chi connectivity index (χ2n) is 7.08. The van der Waals surface area contributed by atoms with Gasteiger partial charge in [0, 0.05) is 19.8 Å². The zero-order chi connectivity index (χ0) is 25.4. The molecule has 0 unspecified atom stereocenters. The Morgan fingerprint density at radius 1 is 1.00 bits per heavy atom. The monoisotopic (exact) mass is 529 g/mol. The molecule has 0 aromatic heterocycles. The van der Waals surface area contributed by atoms with Gasteiger partial charge in [0.1, 0.15) is 0 Å². The molecule has 1 amide bonds. The van der Waals surface area contributed by atoms with Crippen LogP contribution in [0.3, 0.4) is 0 Å². The lowest BCUT2D eigenvalue weighted by atomic mass is 10.1. The van der Waals surface area contributed by atoms with Crippen LogP contribution < -0.4 is 10.0 Å². The molecule has 0 aliphatic heterocycles. The van der Waals surface area contributed by atoms with Crippen molar-refractivity contribution in [1.82, 2.24) is 4.31 Å². The molecule has 2 aromatic rings. The molecule has 0 spiro atoms. The largest absolute Gasteiger partial charge is 0.426 e. The van der Waals surface area contributed by atoms with E-state index in [0.29, 0.717) is 0 Å². The van der Waals surface area contributed by atoms with Gasteiger partial charge in [-0.2, -0.15) is 13.2 Å². The summed E-state index contributed by atoms with van der Waals surface area (Å²) in [6.07, 6.45) is -5.25. The summed E-state index contributed by atoms with van der Waals surface area (Å²) >= 11 is 5.91. The number of benzene rings is 2. The van der Waals surface area contributed by atoms with Gasteiger partial charge in [0.25, 0.3) is 15.9 Å². The van der Waals surface area contributed by atoms with Crippen LogP contribution in [0.25, 0.3) is 0 Å². The molecule has 0 fully saturated rings. The van der Waals surface area contributed by atoms with E-state index in [1.165, 1.54) is 38.4 Å². The Balaban J connectivity index is 2.24. The molecule has 182 valence electrons. The summed E-state index contributed by atoms with van der Waals surface area (Å²) in [6.45, 7) is 0.258. The molecule has 0 aliphatic carbocycles. The van der Waals surface area contributed by atoms with Crippen molar-refractivity contribution in [2.24, 2.45) is 0 Å². The Labute approximate surface area is 193 Å². The van der Waals surface area contributed by atoms with Crippen LogP contribution in [0.1, 0.15) is 6.92 Å². The van der Waals surface area contributed by atoms with Gasteiger partial charge < -0.3 is 10.4 Å². The maximum absolute atomic E-state index is 12.8. The van der Waals surface area contributed by atoms with Crippen molar-refractivity contribution < 1.29 is 39.9 Å². The molecule has 2 aromatic carbocycles. The fraction of sp³-hybridized carbons (Fsp3) is 0.278. The first-order valence-corrected chi connectivity index (χ1v) is 12.2. The van der Waals surface area contributed by atoms with Gasteiger partial charge in [0.2, 0.25) is 15.6 Å². The van der Waals surface area contributed by atoms with Crippen molar-refractivity contribution in [3.05, 3.63) is 47.5 Å². The summed E-state index contributed by atoms with van der Waals surface area (Å²) in [5, 5.41) is 10.8. The smallest absolute Gasteiger partial charge is 0.373 e. The molecule has 0 bridgehead atoms. The zero-order valence-corrected chi connectivity index (χ0v) is 19.7. The number of rotatable bonds is 7. The van der Waals surface area contributed by atoms with Crippen LogP contribution in [0.5, 0.6) is 0 Å². The van der Waals surface area contributed by atoms with Crippen molar-refractivity contribution in [2.75, 3.05) is 24.1 Å². The van der Waals surface area contributed by atoms with Crippen LogP contribution in [-0.4, -0.2) is 58.0 Å². The number of amides is 1. The number of hydrogen-bond donors (Lipinski definition) is 3. The normalized spacial score (nSPS) is 14.6. The van der Waals surface area contributed by atoms with E-state index in [2.05, 4.69) is 4.72 Å².